The van der Waals surface area contributed by atoms with Crippen LogP contribution >= 0.6 is 0 Å². The quantitative estimate of drug-likeness (QED) is 0.699. The van der Waals surface area contributed by atoms with E-state index in [9.17, 15) is 4.79 Å². The molecule has 2 N–H and O–H groups in total. The van der Waals surface area contributed by atoms with Crippen molar-refractivity contribution in [1.82, 2.24) is 30.0 Å². The molecule has 152 valence electrons. The Hall–Kier alpha value is -2.93. The van der Waals surface area contributed by atoms with Crippen LogP contribution in [0.4, 0.5) is 0 Å². The highest BCUT2D eigenvalue weighted by Gasteiger charge is 2.23. The average molecular weight is 393 g/mol. The van der Waals surface area contributed by atoms with Crippen molar-refractivity contribution in [2.24, 2.45) is 0 Å². The number of benzene rings is 1. The molecule has 1 aliphatic rings. The molecule has 29 heavy (non-hydrogen) atoms. The molecule has 3 heterocycles. The fourth-order valence-electron chi connectivity index (χ4n) is 3.79. The van der Waals surface area contributed by atoms with Gasteiger partial charge in [-0.15, -0.1) is 0 Å². The van der Waals surface area contributed by atoms with Crippen LogP contribution < -0.4 is 0 Å². The molecule has 0 radical (unpaired) electrons. The largest absolute Gasteiger partial charge is 0.346 e. The van der Waals surface area contributed by atoms with Gasteiger partial charge in [-0.05, 0) is 19.4 Å². The number of H-pyrrole nitrogens is 2. The molecule has 1 aromatic carbocycles. The van der Waals surface area contributed by atoms with Crippen LogP contribution in [-0.2, 0) is 13.0 Å². The van der Waals surface area contributed by atoms with Crippen molar-refractivity contribution in [1.29, 1.82) is 0 Å². The van der Waals surface area contributed by atoms with Crippen molar-refractivity contribution in [3.8, 4) is 11.3 Å². The summed E-state index contributed by atoms with van der Waals surface area (Å²) in [5.74, 6) is 1.06. The number of carbonyl (C=O) groups is 1. The first-order valence-electron chi connectivity index (χ1n) is 10.3. The molecule has 7 heteroatoms. The summed E-state index contributed by atoms with van der Waals surface area (Å²) in [6, 6.07) is 11.8. The summed E-state index contributed by atoms with van der Waals surface area (Å²) < 4.78 is 0. The molecule has 1 aliphatic heterocycles. The molecule has 7 nitrogen and oxygen atoms in total. The Bertz CT molecular complexity index is 961. The van der Waals surface area contributed by atoms with Crippen LogP contribution in [0, 0.1) is 6.92 Å². The van der Waals surface area contributed by atoms with Crippen LogP contribution in [0.3, 0.4) is 0 Å². The molecule has 4 rings (SSSR count). The molecule has 2 aromatic heterocycles. The second-order valence-corrected chi connectivity index (χ2v) is 7.56. The van der Waals surface area contributed by atoms with E-state index in [2.05, 4.69) is 33.9 Å². The van der Waals surface area contributed by atoms with Crippen LogP contribution in [-0.4, -0.2) is 62.1 Å². The van der Waals surface area contributed by atoms with Crippen molar-refractivity contribution < 1.29 is 4.79 Å². The van der Waals surface area contributed by atoms with Crippen LogP contribution in [0.15, 0.2) is 36.4 Å². The van der Waals surface area contributed by atoms with Crippen LogP contribution in [0.25, 0.3) is 11.3 Å². The molecule has 0 bridgehead atoms. The Morgan fingerprint density at radius 1 is 1.14 bits per heavy atom. The second-order valence-electron chi connectivity index (χ2n) is 7.56. The highest BCUT2D eigenvalue weighted by molar-refractivity contribution is 5.93. The molecule has 0 unspecified atom stereocenters. The molecular formula is C22H28N6O. The molecule has 1 saturated heterocycles. The van der Waals surface area contributed by atoms with Gasteiger partial charge in [-0.25, -0.2) is 4.98 Å². The van der Waals surface area contributed by atoms with E-state index in [1.807, 2.05) is 41.3 Å². The lowest BCUT2D eigenvalue weighted by atomic mass is 10.1. The number of amides is 1. The predicted octanol–water partition coefficient (Wildman–Crippen LogP) is 3.02. The Kier molecular flexibility index (Phi) is 5.76. The van der Waals surface area contributed by atoms with Gasteiger partial charge >= 0.3 is 0 Å². The summed E-state index contributed by atoms with van der Waals surface area (Å²) in [4.78, 5) is 25.3. The number of aryl methyl sites for hydroxylation is 2. The third-order valence-corrected chi connectivity index (χ3v) is 5.50. The molecule has 3 aromatic rings. The highest BCUT2D eigenvalue weighted by Crippen LogP contribution is 2.18. The smallest absolute Gasteiger partial charge is 0.271 e. The number of carbonyl (C=O) groups excluding carboxylic acids is 1. The molecule has 0 spiro atoms. The first-order chi connectivity index (χ1) is 14.1. The molecule has 0 saturated carbocycles. The minimum absolute atomic E-state index is 0.0192. The lowest BCUT2D eigenvalue weighted by Crippen LogP contribution is -2.35. The first kappa shape index (κ1) is 19.4. The summed E-state index contributed by atoms with van der Waals surface area (Å²) >= 11 is 0. The van der Waals surface area contributed by atoms with Crippen molar-refractivity contribution in [3.63, 3.8) is 0 Å². The fourth-order valence-corrected chi connectivity index (χ4v) is 3.79. The summed E-state index contributed by atoms with van der Waals surface area (Å²) in [5.41, 5.74) is 4.61. The van der Waals surface area contributed by atoms with Crippen molar-refractivity contribution in [2.75, 3.05) is 26.2 Å². The standard InChI is InChI=1S/C22H28N6O/c1-3-21-23-16(2)20(24-21)15-27-10-7-11-28(13-12-27)22(29)19-14-18(25-26-19)17-8-5-4-6-9-17/h4-6,8-9,14H,3,7,10-13,15H2,1-2H3,(H,23,24)(H,25,26). The van der Waals surface area contributed by atoms with Gasteiger partial charge in [-0.3, -0.25) is 14.8 Å². The summed E-state index contributed by atoms with van der Waals surface area (Å²) in [6.45, 7) is 8.30. The molecule has 1 amide bonds. The van der Waals surface area contributed by atoms with Gasteiger partial charge in [0.15, 0.2) is 0 Å². The topological polar surface area (TPSA) is 80.9 Å². The van der Waals surface area contributed by atoms with E-state index >= 15 is 0 Å². The van der Waals surface area contributed by atoms with Crippen molar-refractivity contribution >= 4 is 5.91 Å². The number of aromatic nitrogens is 4. The zero-order chi connectivity index (χ0) is 20.2. The van der Waals surface area contributed by atoms with Crippen LogP contribution in [0.1, 0.15) is 41.0 Å². The zero-order valence-corrected chi connectivity index (χ0v) is 17.1. The summed E-state index contributed by atoms with van der Waals surface area (Å²) in [6.07, 6.45) is 1.87. The Labute approximate surface area is 171 Å². The van der Waals surface area contributed by atoms with E-state index in [-0.39, 0.29) is 5.91 Å². The minimum atomic E-state index is 0.0192. The maximum absolute atomic E-state index is 13.0. The second kappa shape index (κ2) is 8.61. The first-order valence-corrected chi connectivity index (χ1v) is 10.3. The van der Waals surface area contributed by atoms with Crippen molar-refractivity contribution in [3.05, 3.63) is 59.3 Å². The Morgan fingerprint density at radius 2 is 1.97 bits per heavy atom. The van der Waals surface area contributed by atoms with Crippen LogP contribution in [0.5, 0.6) is 0 Å². The number of imidazole rings is 1. The predicted molar refractivity (Wildman–Crippen MR) is 113 cm³/mol. The van der Waals surface area contributed by atoms with E-state index in [0.717, 1.165) is 67.5 Å². The Balaban J connectivity index is 1.38. The van der Waals surface area contributed by atoms with E-state index < -0.39 is 0 Å². The SMILES string of the molecule is CCc1nc(CN2CCCN(C(=O)c3cc(-c4ccccc4)n[nH]3)CC2)c(C)[nH]1. The molecule has 0 aliphatic carbocycles. The summed E-state index contributed by atoms with van der Waals surface area (Å²) in [5, 5.41) is 7.24. The summed E-state index contributed by atoms with van der Waals surface area (Å²) in [7, 11) is 0. The third kappa shape index (κ3) is 4.40. The average Bonchev–Trinajstić information content (AvgIpc) is 3.30. The number of rotatable bonds is 5. The van der Waals surface area contributed by atoms with E-state index in [0.29, 0.717) is 12.2 Å². The van der Waals surface area contributed by atoms with Gasteiger partial charge in [0.05, 0.1) is 11.4 Å². The molecule has 0 atom stereocenters. The monoisotopic (exact) mass is 392 g/mol. The van der Waals surface area contributed by atoms with Crippen LogP contribution in [0.2, 0.25) is 0 Å². The normalized spacial score (nSPS) is 15.4. The molecular weight excluding hydrogens is 364 g/mol. The van der Waals surface area contributed by atoms with Gasteiger partial charge in [0.25, 0.3) is 5.91 Å². The zero-order valence-electron chi connectivity index (χ0n) is 17.1. The Morgan fingerprint density at radius 3 is 2.72 bits per heavy atom. The lowest BCUT2D eigenvalue weighted by molar-refractivity contribution is 0.0755. The lowest BCUT2D eigenvalue weighted by Gasteiger charge is -2.21. The van der Waals surface area contributed by atoms with E-state index in [1.54, 1.807) is 0 Å². The van der Waals surface area contributed by atoms with Gasteiger partial charge in [0.1, 0.15) is 11.5 Å². The third-order valence-electron chi connectivity index (χ3n) is 5.50. The van der Waals surface area contributed by atoms with Gasteiger partial charge in [0.2, 0.25) is 0 Å². The van der Waals surface area contributed by atoms with Gasteiger partial charge in [-0.2, -0.15) is 5.10 Å². The highest BCUT2D eigenvalue weighted by atomic mass is 16.2. The number of aromatic amines is 2. The molecule has 1 fully saturated rings. The number of nitrogens with zero attached hydrogens (tertiary/aromatic N) is 4. The van der Waals surface area contributed by atoms with Gasteiger partial charge in [-0.1, -0.05) is 37.3 Å². The number of hydrogen-bond acceptors (Lipinski definition) is 4. The fraction of sp³-hybridized carbons (Fsp3) is 0.409. The van der Waals surface area contributed by atoms with Gasteiger partial charge in [0, 0.05) is 50.4 Å². The van der Waals surface area contributed by atoms with E-state index in [4.69, 9.17) is 4.98 Å². The van der Waals surface area contributed by atoms with Crippen molar-refractivity contribution in [2.45, 2.75) is 33.2 Å². The minimum Gasteiger partial charge on any atom is -0.346 e. The van der Waals surface area contributed by atoms with E-state index in [1.165, 1.54) is 0 Å². The maximum atomic E-state index is 13.0. The maximum Gasteiger partial charge on any atom is 0.271 e. The van der Waals surface area contributed by atoms with Gasteiger partial charge < -0.3 is 9.88 Å². The number of nitrogens with one attached hydrogen (secondary N) is 2. The number of hydrogen-bond donors (Lipinski definition) is 2.